The van der Waals surface area contributed by atoms with E-state index < -0.39 is 0 Å². The highest BCUT2D eigenvalue weighted by Crippen LogP contribution is 2.09. The van der Waals surface area contributed by atoms with Gasteiger partial charge in [-0.05, 0) is 11.8 Å². The van der Waals surface area contributed by atoms with Crippen LogP contribution in [0.4, 0.5) is 0 Å². The topological polar surface area (TPSA) is 164 Å². The molecule has 38 heavy (non-hydrogen) atoms. The van der Waals surface area contributed by atoms with E-state index in [0.717, 1.165) is 9.13 Å². The van der Waals surface area contributed by atoms with Crippen LogP contribution in [0.15, 0.2) is 19.2 Å². The van der Waals surface area contributed by atoms with Crippen molar-refractivity contribution in [1.82, 2.24) is 38.2 Å². The van der Waals surface area contributed by atoms with E-state index in [4.69, 9.17) is 9.47 Å². The van der Waals surface area contributed by atoms with Gasteiger partial charge in [-0.3, -0.25) is 27.9 Å². The molecule has 4 heterocycles. The number of nitrogens with zero attached hydrogens (tertiary/aromatic N) is 6. The van der Waals surface area contributed by atoms with E-state index in [1.165, 1.54) is 23.2 Å². The molecule has 0 radical (unpaired) electrons. The van der Waals surface area contributed by atoms with Crippen LogP contribution in [-0.4, -0.2) is 52.4 Å². The summed E-state index contributed by atoms with van der Waals surface area (Å²) < 4.78 is 15.2. The summed E-state index contributed by atoms with van der Waals surface area (Å²) in [6.07, 6.45) is 0. The van der Waals surface area contributed by atoms with Crippen molar-refractivity contribution in [3.63, 3.8) is 0 Å². The van der Waals surface area contributed by atoms with E-state index in [1.54, 1.807) is 14.2 Å². The molecule has 0 fully saturated rings. The van der Waals surface area contributed by atoms with E-state index in [-0.39, 0.29) is 47.5 Å². The molecule has 0 bridgehead atoms. The molecule has 0 aliphatic carbocycles. The Labute approximate surface area is 217 Å². The number of hydrogen-bond acceptors (Lipinski definition) is 8. The Morgan fingerprint density at radius 3 is 1.32 bits per heavy atom. The first-order valence-corrected chi connectivity index (χ1v) is 12.3. The number of methoxy groups -OCH3 is 2. The average Bonchev–Trinajstić information content (AvgIpc) is 3.47. The van der Waals surface area contributed by atoms with Crippen molar-refractivity contribution in [2.24, 2.45) is 25.9 Å². The fraction of sp³-hybridized carbons (Fsp3) is 0.583. The van der Waals surface area contributed by atoms with Gasteiger partial charge >= 0.3 is 11.4 Å². The summed E-state index contributed by atoms with van der Waals surface area (Å²) in [4.78, 5) is 62.8. The fourth-order valence-electron chi connectivity index (χ4n) is 4.03. The zero-order chi connectivity index (χ0) is 28.3. The molecule has 14 nitrogen and oxygen atoms in total. The van der Waals surface area contributed by atoms with Crippen molar-refractivity contribution < 1.29 is 9.47 Å². The Balaban J connectivity index is 0.000000211. The molecule has 4 rings (SSSR count). The molecule has 0 saturated heterocycles. The number of aromatic amines is 2. The van der Waals surface area contributed by atoms with Crippen LogP contribution in [0.5, 0.6) is 0 Å². The lowest BCUT2D eigenvalue weighted by atomic mass is 10.2. The lowest BCUT2D eigenvalue weighted by Gasteiger charge is -2.10. The smallest absolute Gasteiger partial charge is 0.332 e. The monoisotopic (exact) mass is 532 g/mol. The first kappa shape index (κ1) is 28.8. The summed E-state index contributed by atoms with van der Waals surface area (Å²) in [5.74, 6) is 1.64. The average molecular weight is 533 g/mol. The van der Waals surface area contributed by atoms with Gasteiger partial charge in [-0.1, -0.05) is 27.7 Å². The molecule has 14 heteroatoms. The first-order chi connectivity index (χ1) is 17.9. The number of aromatic nitrogens is 8. The van der Waals surface area contributed by atoms with Gasteiger partial charge in [0.05, 0.1) is 0 Å². The fourth-order valence-corrected chi connectivity index (χ4v) is 4.03. The Bertz CT molecular complexity index is 1540. The molecule has 0 saturated carbocycles. The highest BCUT2D eigenvalue weighted by atomic mass is 16.5. The molecule has 0 aliphatic heterocycles. The van der Waals surface area contributed by atoms with Crippen LogP contribution in [0, 0.1) is 11.8 Å². The van der Waals surface area contributed by atoms with Gasteiger partial charge in [0.2, 0.25) is 0 Å². The summed E-state index contributed by atoms with van der Waals surface area (Å²) >= 11 is 0. The second-order valence-electron chi connectivity index (χ2n) is 9.93. The third kappa shape index (κ3) is 5.70. The zero-order valence-electron chi connectivity index (χ0n) is 23.1. The molecule has 0 amide bonds. The van der Waals surface area contributed by atoms with Gasteiger partial charge in [-0.25, -0.2) is 19.6 Å². The predicted octanol–water partition coefficient (Wildman–Crippen LogP) is 0.451. The largest absolute Gasteiger partial charge is 0.377 e. The molecule has 4 aromatic rings. The van der Waals surface area contributed by atoms with E-state index in [2.05, 4.69) is 19.9 Å². The summed E-state index contributed by atoms with van der Waals surface area (Å²) in [6, 6.07) is 0. The quantitative estimate of drug-likeness (QED) is 0.330. The summed E-state index contributed by atoms with van der Waals surface area (Å²) in [6.45, 7) is 9.60. The maximum Gasteiger partial charge on any atom is 0.332 e. The minimum absolute atomic E-state index is 0.272. The third-order valence-electron chi connectivity index (χ3n) is 5.71. The number of fused-ring (bicyclic) bond motifs is 2. The summed E-state index contributed by atoms with van der Waals surface area (Å²) in [7, 11) is 6.04. The zero-order valence-corrected chi connectivity index (χ0v) is 23.1. The Morgan fingerprint density at radius 2 is 1.03 bits per heavy atom. The highest BCUT2D eigenvalue weighted by molar-refractivity contribution is 5.70. The Kier molecular flexibility index (Phi) is 8.89. The predicted molar refractivity (Wildman–Crippen MR) is 142 cm³/mol. The van der Waals surface area contributed by atoms with Gasteiger partial charge in [0.15, 0.2) is 11.3 Å². The second kappa shape index (κ2) is 11.7. The van der Waals surface area contributed by atoms with Crippen molar-refractivity contribution in [3.8, 4) is 0 Å². The maximum atomic E-state index is 12.1. The maximum absolute atomic E-state index is 12.1. The van der Waals surface area contributed by atoms with Crippen molar-refractivity contribution in [2.45, 2.75) is 54.0 Å². The molecule has 208 valence electrons. The van der Waals surface area contributed by atoms with Crippen molar-refractivity contribution in [2.75, 3.05) is 14.2 Å². The Hall–Kier alpha value is -3.78. The minimum Gasteiger partial charge on any atom is -0.377 e. The lowest BCUT2D eigenvalue weighted by molar-refractivity contribution is 0.178. The lowest BCUT2D eigenvalue weighted by Crippen LogP contribution is -2.38. The van der Waals surface area contributed by atoms with Crippen LogP contribution >= 0.6 is 0 Å². The molecule has 4 aromatic heterocycles. The molecular weight excluding hydrogens is 496 g/mol. The molecule has 0 aromatic carbocycles. The van der Waals surface area contributed by atoms with E-state index in [9.17, 15) is 19.2 Å². The van der Waals surface area contributed by atoms with Crippen LogP contribution in [0.3, 0.4) is 0 Å². The van der Waals surface area contributed by atoms with Gasteiger partial charge in [-0.2, -0.15) is 0 Å². The first-order valence-electron chi connectivity index (χ1n) is 12.3. The van der Waals surface area contributed by atoms with Gasteiger partial charge in [-0.15, -0.1) is 0 Å². The van der Waals surface area contributed by atoms with E-state index in [1.807, 2.05) is 27.7 Å². The number of imidazole rings is 2. The number of hydrogen-bond donors (Lipinski definition) is 2. The van der Waals surface area contributed by atoms with Crippen LogP contribution in [0.1, 0.15) is 39.3 Å². The summed E-state index contributed by atoms with van der Waals surface area (Å²) in [5, 5.41) is 0. The van der Waals surface area contributed by atoms with Crippen molar-refractivity contribution in [3.05, 3.63) is 53.3 Å². The van der Waals surface area contributed by atoms with Crippen LogP contribution in [0.2, 0.25) is 0 Å². The molecular formula is C24H36N8O6. The SMILES string of the molecule is COCc1nc2c([nH]1)c(=O)n(C)c(=O)n2CC(C)C.COCc1nc2c([nH]1)c(=O)n(C)c(=O)n2CC(C)C. The Morgan fingerprint density at radius 1 is 0.684 bits per heavy atom. The van der Waals surface area contributed by atoms with Crippen molar-refractivity contribution >= 4 is 22.3 Å². The number of nitrogens with one attached hydrogen (secondary N) is 2. The molecule has 0 atom stereocenters. The normalized spacial score (nSPS) is 11.6. The number of ether oxygens (including phenoxy) is 2. The van der Waals surface area contributed by atoms with E-state index in [0.29, 0.717) is 47.1 Å². The highest BCUT2D eigenvalue weighted by Gasteiger charge is 2.17. The molecule has 2 N–H and O–H groups in total. The van der Waals surface area contributed by atoms with Crippen molar-refractivity contribution in [1.29, 1.82) is 0 Å². The molecule has 0 spiro atoms. The van der Waals surface area contributed by atoms with Crippen LogP contribution in [0.25, 0.3) is 22.3 Å². The second-order valence-corrected chi connectivity index (χ2v) is 9.93. The number of rotatable bonds is 8. The summed E-state index contributed by atoms with van der Waals surface area (Å²) in [5.41, 5.74) is 0.0559. The molecule has 0 aliphatic rings. The standard InChI is InChI=1S/2C12H18N4O3/c2*1-7(2)5-16-10-9(11(17)15(3)12(16)18)13-8(14-10)6-19-4/h2*7H,5-6H2,1-4H3,(H,13,14). The minimum atomic E-state index is -0.366. The van der Waals surface area contributed by atoms with Gasteiger partial charge in [0.1, 0.15) is 35.9 Å². The van der Waals surface area contributed by atoms with Crippen LogP contribution in [-0.2, 0) is 49.9 Å². The van der Waals surface area contributed by atoms with Gasteiger partial charge in [0, 0.05) is 41.4 Å². The third-order valence-corrected chi connectivity index (χ3v) is 5.71. The molecule has 0 unspecified atom stereocenters. The van der Waals surface area contributed by atoms with E-state index >= 15 is 0 Å². The van der Waals surface area contributed by atoms with Crippen LogP contribution < -0.4 is 22.5 Å². The number of H-pyrrole nitrogens is 2. The van der Waals surface area contributed by atoms with Gasteiger partial charge < -0.3 is 19.4 Å². The van der Waals surface area contributed by atoms with Gasteiger partial charge in [0.25, 0.3) is 11.1 Å².